The fourth-order valence-corrected chi connectivity index (χ4v) is 2.10. The lowest BCUT2D eigenvalue weighted by atomic mass is 9.88. The number of anilines is 1. The van der Waals surface area contributed by atoms with E-state index in [1.54, 1.807) is 18.2 Å². The van der Waals surface area contributed by atoms with Gasteiger partial charge >= 0.3 is 5.97 Å². The Bertz CT molecular complexity index is 536. The molecule has 0 bridgehead atoms. The highest BCUT2D eigenvalue weighted by molar-refractivity contribution is 5.75. The minimum absolute atomic E-state index is 0.553. The molecule has 0 aromatic heterocycles. The van der Waals surface area contributed by atoms with Gasteiger partial charge in [-0.25, -0.2) is 0 Å². The first-order chi connectivity index (χ1) is 9.58. The predicted octanol–water partition coefficient (Wildman–Crippen LogP) is 2.36. The molecular weight excluding hydrogens is 254 g/mol. The molecule has 1 N–H and O–H groups in total. The zero-order chi connectivity index (χ0) is 15.1. The molecule has 5 nitrogen and oxygen atoms in total. The van der Waals surface area contributed by atoms with Crippen LogP contribution in [0.1, 0.15) is 25.3 Å². The number of nitriles is 2. The molecule has 2 atom stereocenters. The van der Waals surface area contributed by atoms with E-state index >= 15 is 0 Å². The maximum Gasteiger partial charge on any atom is 0.322 e. The van der Waals surface area contributed by atoms with E-state index in [0.717, 1.165) is 18.8 Å². The van der Waals surface area contributed by atoms with Gasteiger partial charge in [-0.2, -0.15) is 10.5 Å². The van der Waals surface area contributed by atoms with Crippen molar-refractivity contribution < 1.29 is 9.90 Å². The number of nitrogens with zero attached hydrogens (tertiary/aromatic N) is 3. The molecule has 1 rings (SSSR count). The molecule has 0 saturated heterocycles. The molecule has 0 saturated carbocycles. The highest BCUT2D eigenvalue weighted by atomic mass is 16.4. The van der Waals surface area contributed by atoms with E-state index in [9.17, 15) is 4.79 Å². The van der Waals surface area contributed by atoms with Gasteiger partial charge in [-0.15, -0.1) is 0 Å². The second-order valence-corrected chi connectivity index (χ2v) is 4.32. The number of hydrogen-bond acceptors (Lipinski definition) is 4. The monoisotopic (exact) mass is 271 g/mol. The Morgan fingerprint density at radius 3 is 2.10 bits per heavy atom. The lowest BCUT2D eigenvalue weighted by molar-refractivity contribution is -0.140. The highest BCUT2D eigenvalue weighted by Crippen LogP contribution is 2.26. The van der Waals surface area contributed by atoms with Gasteiger partial charge in [-0.3, -0.25) is 4.79 Å². The lowest BCUT2D eigenvalue weighted by Crippen LogP contribution is -2.22. The van der Waals surface area contributed by atoms with Crippen LogP contribution in [0.15, 0.2) is 24.3 Å². The minimum atomic E-state index is -1.35. The molecular formula is C15H17N3O2. The number of hydrogen-bond donors (Lipinski definition) is 1. The largest absolute Gasteiger partial charge is 0.480 e. The molecule has 1 aromatic carbocycles. The van der Waals surface area contributed by atoms with Gasteiger partial charge in [-0.1, -0.05) is 12.1 Å². The van der Waals surface area contributed by atoms with Crippen LogP contribution in [0.5, 0.6) is 0 Å². The van der Waals surface area contributed by atoms with Crippen LogP contribution in [-0.4, -0.2) is 24.2 Å². The van der Waals surface area contributed by atoms with Crippen LogP contribution in [0.25, 0.3) is 0 Å². The van der Waals surface area contributed by atoms with Gasteiger partial charge in [0.05, 0.1) is 18.1 Å². The van der Waals surface area contributed by atoms with Crippen molar-refractivity contribution in [1.82, 2.24) is 0 Å². The molecule has 0 aliphatic rings. The van der Waals surface area contributed by atoms with E-state index in [4.69, 9.17) is 15.6 Å². The van der Waals surface area contributed by atoms with Crippen molar-refractivity contribution in [2.75, 3.05) is 18.0 Å². The molecule has 104 valence electrons. The Labute approximate surface area is 118 Å². The van der Waals surface area contributed by atoms with E-state index in [-0.39, 0.29) is 0 Å². The van der Waals surface area contributed by atoms with Crippen molar-refractivity contribution in [3.63, 3.8) is 0 Å². The van der Waals surface area contributed by atoms with Crippen molar-refractivity contribution in [1.29, 1.82) is 10.5 Å². The fraction of sp³-hybridized carbons (Fsp3) is 0.400. The van der Waals surface area contributed by atoms with Crippen molar-refractivity contribution in [3.05, 3.63) is 29.8 Å². The van der Waals surface area contributed by atoms with E-state index in [1.807, 2.05) is 32.0 Å². The zero-order valence-electron chi connectivity index (χ0n) is 11.6. The molecule has 0 amide bonds. The van der Waals surface area contributed by atoms with Crippen molar-refractivity contribution in [2.45, 2.75) is 19.8 Å². The van der Waals surface area contributed by atoms with Crippen molar-refractivity contribution in [2.24, 2.45) is 5.92 Å². The first-order valence-electron chi connectivity index (χ1n) is 6.45. The van der Waals surface area contributed by atoms with Gasteiger partial charge in [0, 0.05) is 18.8 Å². The average molecular weight is 271 g/mol. The molecule has 0 fully saturated rings. The summed E-state index contributed by atoms with van der Waals surface area (Å²) in [7, 11) is 0. The molecule has 0 radical (unpaired) electrons. The van der Waals surface area contributed by atoms with Gasteiger partial charge < -0.3 is 10.0 Å². The van der Waals surface area contributed by atoms with Gasteiger partial charge in [0.25, 0.3) is 0 Å². The van der Waals surface area contributed by atoms with E-state index in [2.05, 4.69) is 4.90 Å². The maximum atomic E-state index is 11.0. The molecule has 1 aromatic rings. The van der Waals surface area contributed by atoms with Crippen molar-refractivity contribution >= 4 is 11.7 Å². The summed E-state index contributed by atoms with van der Waals surface area (Å²) in [5.41, 5.74) is 1.57. The normalized spacial score (nSPS) is 12.8. The van der Waals surface area contributed by atoms with Crippen LogP contribution in [0.3, 0.4) is 0 Å². The number of carboxylic acids is 1. The standard InChI is InChI=1S/C15H17N3O2/c1-3-18(4-2)12-7-5-11(6-8-12)13(9-16)14(10-17)15(19)20/h5-8,13-14H,3-4H2,1-2H3,(H,19,20). The average Bonchev–Trinajstić information content (AvgIpc) is 2.46. The highest BCUT2D eigenvalue weighted by Gasteiger charge is 2.29. The summed E-state index contributed by atoms with van der Waals surface area (Å²) in [4.78, 5) is 13.1. The Kier molecular flexibility index (Phi) is 5.56. The van der Waals surface area contributed by atoms with Crippen molar-refractivity contribution in [3.8, 4) is 12.1 Å². The number of carbonyl (C=O) groups is 1. The van der Waals surface area contributed by atoms with Crippen LogP contribution >= 0.6 is 0 Å². The molecule has 0 aliphatic heterocycles. The van der Waals surface area contributed by atoms with Crippen LogP contribution in [-0.2, 0) is 4.79 Å². The van der Waals surface area contributed by atoms with Crippen LogP contribution in [0, 0.1) is 28.6 Å². The molecule has 20 heavy (non-hydrogen) atoms. The van der Waals surface area contributed by atoms with Crippen LogP contribution in [0.2, 0.25) is 0 Å². The number of rotatable bonds is 6. The third kappa shape index (κ3) is 3.27. The molecule has 5 heteroatoms. The maximum absolute atomic E-state index is 11.0. The lowest BCUT2D eigenvalue weighted by Gasteiger charge is -2.21. The quantitative estimate of drug-likeness (QED) is 0.858. The molecule has 0 aliphatic carbocycles. The topological polar surface area (TPSA) is 88.1 Å². The molecule has 0 heterocycles. The third-order valence-corrected chi connectivity index (χ3v) is 3.26. The zero-order valence-corrected chi connectivity index (χ0v) is 11.6. The summed E-state index contributed by atoms with van der Waals surface area (Å²) in [6.07, 6.45) is 0. The van der Waals surface area contributed by atoms with Crippen LogP contribution < -0.4 is 4.90 Å². The summed E-state index contributed by atoms with van der Waals surface area (Å²) in [6, 6.07) is 10.7. The van der Waals surface area contributed by atoms with Crippen LogP contribution in [0.4, 0.5) is 5.69 Å². The molecule has 0 spiro atoms. The second-order valence-electron chi connectivity index (χ2n) is 4.32. The number of aliphatic carboxylic acids is 1. The fourth-order valence-electron chi connectivity index (χ4n) is 2.10. The summed E-state index contributed by atoms with van der Waals surface area (Å²) in [5, 5.41) is 27.0. The Balaban J connectivity index is 3.05. The van der Waals surface area contributed by atoms with E-state index < -0.39 is 17.8 Å². The third-order valence-electron chi connectivity index (χ3n) is 3.26. The van der Waals surface area contributed by atoms with Gasteiger partial charge in [0.1, 0.15) is 0 Å². The smallest absolute Gasteiger partial charge is 0.322 e. The number of benzene rings is 1. The second kappa shape index (κ2) is 7.16. The first-order valence-corrected chi connectivity index (χ1v) is 6.45. The Morgan fingerprint density at radius 2 is 1.75 bits per heavy atom. The SMILES string of the molecule is CCN(CC)c1ccc(C(C#N)C(C#N)C(=O)O)cc1. The molecule has 2 unspecified atom stereocenters. The van der Waals surface area contributed by atoms with Gasteiger partial charge in [0.15, 0.2) is 5.92 Å². The van der Waals surface area contributed by atoms with Gasteiger partial charge in [0.2, 0.25) is 0 Å². The van der Waals surface area contributed by atoms with Gasteiger partial charge in [-0.05, 0) is 31.5 Å². The number of carboxylic acid groups (broad SMARTS) is 1. The summed E-state index contributed by atoms with van der Waals surface area (Å²) >= 11 is 0. The minimum Gasteiger partial charge on any atom is -0.480 e. The Morgan fingerprint density at radius 1 is 1.20 bits per heavy atom. The first kappa shape index (κ1) is 15.5. The summed E-state index contributed by atoms with van der Waals surface area (Å²) in [6.45, 7) is 5.83. The summed E-state index contributed by atoms with van der Waals surface area (Å²) in [5.74, 6) is -3.57. The summed E-state index contributed by atoms with van der Waals surface area (Å²) < 4.78 is 0. The van der Waals surface area contributed by atoms with E-state index in [0.29, 0.717) is 5.56 Å². The van der Waals surface area contributed by atoms with E-state index in [1.165, 1.54) is 0 Å². The Hall–Kier alpha value is -2.53. The predicted molar refractivity (Wildman–Crippen MR) is 75.1 cm³/mol.